The minimum Gasteiger partial charge on any atom is -0.497 e. The number of amides is 2. The number of nitrogens with zero attached hydrogens (tertiary/aromatic N) is 3. The standard InChI is InChI=1S/C32H32ClN3O3/c1-23-27(32(38)35-20-18-34(19-21-35)31(37)17-12-24-8-4-3-5-9-24)22-30(25-13-15-26(39-2)16-14-25)36(23)29-11-7-6-10-28(29)33/h3-11,13-16,22H,12,17-21H2,1-2H3. The second kappa shape index (κ2) is 11.8. The second-order valence-electron chi connectivity index (χ2n) is 9.70. The summed E-state index contributed by atoms with van der Waals surface area (Å²) in [7, 11) is 1.64. The van der Waals surface area contributed by atoms with Gasteiger partial charge in [-0.3, -0.25) is 9.59 Å². The molecular weight excluding hydrogens is 510 g/mol. The number of halogens is 1. The maximum atomic E-state index is 13.8. The summed E-state index contributed by atoms with van der Waals surface area (Å²) in [5.41, 5.74) is 5.25. The van der Waals surface area contributed by atoms with Gasteiger partial charge in [-0.2, -0.15) is 0 Å². The lowest BCUT2D eigenvalue weighted by Gasteiger charge is -2.35. The molecule has 1 aromatic heterocycles. The highest BCUT2D eigenvalue weighted by Gasteiger charge is 2.28. The number of para-hydroxylation sites is 1. The van der Waals surface area contributed by atoms with Crippen LogP contribution in [0.25, 0.3) is 16.9 Å². The van der Waals surface area contributed by atoms with Crippen molar-refractivity contribution in [2.75, 3.05) is 33.3 Å². The first-order chi connectivity index (χ1) is 19.0. The summed E-state index contributed by atoms with van der Waals surface area (Å²) in [6, 6.07) is 27.4. The quantitative estimate of drug-likeness (QED) is 0.287. The lowest BCUT2D eigenvalue weighted by Crippen LogP contribution is -2.50. The van der Waals surface area contributed by atoms with Crippen LogP contribution in [0, 0.1) is 6.92 Å². The average Bonchev–Trinajstić information content (AvgIpc) is 3.33. The van der Waals surface area contributed by atoms with Crippen molar-refractivity contribution in [2.24, 2.45) is 0 Å². The van der Waals surface area contributed by atoms with Gasteiger partial charge in [0.15, 0.2) is 0 Å². The van der Waals surface area contributed by atoms with E-state index < -0.39 is 0 Å². The molecule has 0 unspecified atom stereocenters. The van der Waals surface area contributed by atoms with Crippen molar-refractivity contribution in [3.05, 3.63) is 107 Å². The molecule has 0 atom stereocenters. The predicted octanol–water partition coefficient (Wildman–Crippen LogP) is 6.03. The fourth-order valence-electron chi connectivity index (χ4n) is 5.12. The molecule has 5 rings (SSSR count). The average molecular weight is 542 g/mol. The number of rotatable bonds is 7. The zero-order chi connectivity index (χ0) is 27.4. The summed E-state index contributed by atoms with van der Waals surface area (Å²) < 4.78 is 7.37. The highest BCUT2D eigenvalue weighted by molar-refractivity contribution is 6.32. The Bertz CT molecular complexity index is 1460. The van der Waals surface area contributed by atoms with Crippen LogP contribution in [0.4, 0.5) is 0 Å². The van der Waals surface area contributed by atoms with Gasteiger partial charge in [0.25, 0.3) is 5.91 Å². The maximum Gasteiger partial charge on any atom is 0.255 e. The zero-order valence-electron chi connectivity index (χ0n) is 22.3. The molecule has 1 aliphatic rings. The molecule has 1 saturated heterocycles. The van der Waals surface area contributed by atoms with Crippen LogP contribution >= 0.6 is 11.6 Å². The minimum atomic E-state index is -0.0375. The van der Waals surface area contributed by atoms with Gasteiger partial charge in [-0.05, 0) is 66.9 Å². The lowest BCUT2D eigenvalue weighted by atomic mass is 10.1. The summed E-state index contributed by atoms with van der Waals surface area (Å²) in [5.74, 6) is 0.858. The van der Waals surface area contributed by atoms with Crippen molar-refractivity contribution in [3.8, 4) is 22.7 Å². The first kappa shape index (κ1) is 26.6. The third-order valence-electron chi connectivity index (χ3n) is 7.35. The summed E-state index contributed by atoms with van der Waals surface area (Å²) >= 11 is 6.61. The fraction of sp³-hybridized carbons (Fsp3) is 0.250. The van der Waals surface area contributed by atoms with Gasteiger partial charge in [0.05, 0.1) is 29.1 Å². The lowest BCUT2D eigenvalue weighted by molar-refractivity contribution is -0.132. The first-order valence-corrected chi connectivity index (χ1v) is 13.6. The SMILES string of the molecule is COc1ccc(-c2cc(C(=O)N3CCN(C(=O)CCc4ccccc4)CC3)c(C)n2-c2ccccc2Cl)cc1. The number of aromatic nitrogens is 1. The number of ether oxygens (including phenoxy) is 1. The van der Waals surface area contributed by atoms with Crippen molar-refractivity contribution in [3.63, 3.8) is 0 Å². The second-order valence-corrected chi connectivity index (χ2v) is 10.1. The molecule has 2 amide bonds. The Kier molecular flexibility index (Phi) is 8.03. The Morgan fingerprint density at radius 1 is 0.846 bits per heavy atom. The number of carbonyl (C=O) groups is 2. The topological polar surface area (TPSA) is 54.8 Å². The predicted molar refractivity (Wildman–Crippen MR) is 155 cm³/mol. The third-order valence-corrected chi connectivity index (χ3v) is 7.67. The van der Waals surface area contributed by atoms with Crippen molar-refractivity contribution < 1.29 is 14.3 Å². The Morgan fingerprint density at radius 2 is 1.49 bits per heavy atom. The van der Waals surface area contributed by atoms with Crippen LogP contribution in [0.15, 0.2) is 84.9 Å². The molecule has 7 heteroatoms. The number of aryl methyl sites for hydroxylation is 1. The van der Waals surface area contributed by atoms with Gasteiger partial charge in [-0.25, -0.2) is 0 Å². The van der Waals surface area contributed by atoms with Gasteiger partial charge in [0.2, 0.25) is 5.91 Å². The van der Waals surface area contributed by atoms with Gasteiger partial charge >= 0.3 is 0 Å². The van der Waals surface area contributed by atoms with Crippen molar-refractivity contribution in [1.29, 1.82) is 0 Å². The molecule has 6 nitrogen and oxygen atoms in total. The molecular formula is C32H32ClN3O3. The molecule has 0 saturated carbocycles. The van der Waals surface area contributed by atoms with E-state index in [2.05, 4.69) is 0 Å². The van der Waals surface area contributed by atoms with Crippen LogP contribution in [0.5, 0.6) is 5.75 Å². The van der Waals surface area contributed by atoms with Crippen molar-refractivity contribution in [2.45, 2.75) is 19.8 Å². The molecule has 0 radical (unpaired) electrons. The van der Waals surface area contributed by atoms with E-state index in [4.69, 9.17) is 16.3 Å². The van der Waals surface area contributed by atoms with Gasteiger partial charge < -0.3 is 19.1 Å². The highest BCUT2D eigenvalue weighted by atomic mass is 35.5. The van der Waals surface area contributed by atoms with Crippen LogP contribution in [0.2, 0.25) is 5.02 Å². The van der Waals surface area contributed by atoms with E-state index in [0.29, 0.717) is 43.2 Å². The molecule has 3 aromatic carbocycles. The summed E-state index contributed by atoms with van der Waals surface area (Å²) in [6.45, 7) is 4.03. The smallest absolute Gasteiger partial charge is 0.255 e. The number of hydrogen-bond acceptors (Lipinski definition) is 3. The largest absolute Gasteiger partial charge is 0.497 e. The number of carbonyl (C=O) groups excluding carboxylic acids is 2. The van der Waals surface area contributed by atoms with Crippen LogP contribution in [0.1, 0.15) is 28.0 Å². The maximum absolute atomic E-state index is 13.8. The van der Waals surface area contributed by atoms with E-state index in [-0.39, 0.29) is 11.8 Å². The normalized spacial score (nSPS) is 13.4. The molecule has 200 valence electrons. The number of hydrogen-bond donors (Lipinski definition) is 0. The Hall–Kier alpha value is -4.03. The Labute approximate surface area is 234 Å². The Balaban J connectivity index is 1.35. The van der Waals surface area contributed by atoms with E-state index in [0.717, 1.165) is 40.4 Å². The molecule has 39 heavy (non-hydrogen) atoms. The van der Waals surface area contributed by atoms with E-state index in [1.807, 2.05) is 106 Å². The molecule has 0 spiro atoms. The Morgan fingerprint density at radius 3 is 2.15 bits per heavy atom. The first-order valence-electron chi connectivity index (χ1n) is 13.2. The number of piperazine rings is 1. The molecule has 4 aromatic rings. The third kappa shape index (κ3) is 5.71. The molecule has 1 fully saturated rings. The summed E-state index contributed by atoms with van der Waals surface area (Å²) in [5, 5.41) is 0.604. The monoisotopic (exact) mass is 541 g/mol. The van der Waals surface area contributed by atoms with E-state index in [1.165, 1.54) is 0 Å². The van der Waals surface area contributed by atoms with Crippen molar-refractivity contribution >= 4 is 23.4 Å². The van der Waals surface area contributed by atoms with Crippen LogP contribution < -0.4 is 4.74 Å². The highest BCUT2D eigenvalue weighted by Crippen LogP contribution is 2.34. The van der Waals surface area contributed by atoms with Crippen LogP contribution in [-0.2, 0) is 11.2 Å². The van der Waals surface area contributed by atoms with Gasteiger partial charge in [-0.15, -0.1) is 0 Å². The number of benzene rings is 3. The zero-order valence-corrected chi connectivity index (χ0v) is 23.0. The van der Waals surface area contributed by atoms with E-state index in [9.17, 15) is 9.59 Å². The van der Waals surface area contributed by atoms with Gasteiger partial charge in [-0.1, -0.05) is 54.1 Å². The molecule has 0 N–H and O–H groups in total. The van der Waals surface area contributed by atoms with Gasteiger partial charge in [0.1, 0.15) is 5.75 Å². The van der Waals surface area contributed by atoms with Crippen molar-refractivity contribution in [1.82, 2.24) is 14.4 Å². The van der Waals surface area contributed by atoms with E-state index in [1.54, 1.807) is 7.11 Å². The fourth-order valence-corrected chi connectivity index (χ4v) is 5.34. The molecule has 0 aliphatic carbocycles. The summed E-state index contributed by atoms with van der Waals surface area (Å²) in [6.07, 6.45) is 1.20. The molecule has 0 bridgehead atoms. The number of methoxy groups -OCH3 is 1. The van der Waals surface area contributed by atoms with Crippen LogP contribution in [0.3, 0.4) is 0 Å². The van der Waals surface area contributed by atoms with Crippen LogP contribution in [-0.4, -0.2) is 59.5 Å². The summed E-state index contributed by atoms with van der Waals surface area (Å²) in [4.78, 5) is 30.3. The molecule has 2 heterocycles. The molecule has 1 aliphatic heterocycles. The van der Waals surface area contributed by atoms with Gasteiger partial charge in [0, 0.05) is 38.3 Å². The minimum absolute atomic E-state index is 0.0375. The van der Waals surface area contributed by atoms with E-state index >= 15 is 0 Å².